The van der Waals surface area contributed by atoms with Crippen LogP contribution in [0.25, 0.3) is 11.0 Å². The number of fused-ring (bicyclic) bond motifs is 1. The van der Waals surface area contributed by atoms with E-state index < -0.39 is 17.8 Å². The third-order valence-electron chi connectivity index (χ3n) is 7.37. The lowest BCUT2D eigenvalue weighted by atomic mass is 9.99. The third kappa shape index (κ3) is 7.11. The number of nitrogens with zero attached hydrogens (tertiary/aromatic N) is 5. The highest BCUT2D eigenvalue weighted by molar-refractivity contribution is 5.89. The number of aromatic nitrogens is 2. The minimum atomic E-state index is -0.776. The van der Waals surface area contributed by atoms with Crippen LogP contribution in [0.5, 0.6) is 0 Å². The van der Waals surface area contributed by atoms with Gasteiger partial charge in [0.05, 0.1) is 37.6 Å². The van der Waals surface area contributed by atoms with Crippen LogP contribution < -0.4 is 16.2 Å². The standard InChI is InChI=1S/C30H37FN6O5/c1-20-19-37(21(2)18-36(20)26-16-27(38)35(3)25-9-8-24(17-33)34-28(25)26)29(22-4-6-23(31)7-5-22)30(39)42-15-14-41-13-12-40-11-10-32/h4-9,16,20-21,29H,10-15,18-19,32H2,1-3H3/t20-,21+,29?/m0/s1. The van der Waals surface area contributed by atoms with Crippen LogP contribution in [0.15, 0.2) is 47.3 Å². The van der Waals surface area contributed by atoms with E-state index in [4.69, 9.17) is 19.9 Å². The molecule has 1 aliphatic heterocycles. The number of carbonyl (C=O) groups excluding carboxylic acids is 1. The van der Waals surface area contributed by atoms with E-state index in [9.17, 15) is 19.2 Å². The fourth-order valence-electron chi connectivity index (χ4n) is 5.24. The zero-order valence-electron chi connectivity index (χ0n) is 24.2. The summed E-state index contributed by atoms with van der Waals surface area (Å²) < 4.78 is 31.7. The number of hydrogen-bond donors (Lipinski definition) is 1. The van der Waals surface area contributed by atoms with Crippen molar-refractivity contribution >= 4 is 22.7 Å². The fourth-order valence-corrected chi connectivity index (χ4v) is 5.24. The maximum atomic E-state index is 13.8. The smallest absolute Gasteiger partial charge is 0.328 e. The van der Waals surface area contributed by atoms with Gasteiger partial charge in [0.25, 0.3) is 5.56 Å². The van der Waals surface area contributed by atoms with Crippen molar-refractivity contribution in [2.24, 2.45) is 12.8 Å². The Hall–Kier alpha value is -3.89. The number of carbonyl (C=O) groups is 1. The molecule has 0 bridgehead atoms. The summed E-state index contributed by atoms with van der Waals surface area (Å²) in [5.74, 6) is -0.861. The van der Waals surface area contributed by atoms with Gasteiger partial charge in [-0.1, -0.05) is 12.1 Å². The van der Waals surface area contributed by atoms with Crippen molar-refractivity contribution < 1.29 is 23.4 Å². The number of nitriles is 1. The monoisotopic (exact) mass is 580 g/mol. The molecule has 0 aliphatic carbocycles. The molecule has 2 N–H and O–H groups in total. The summed E-state index contributed by atoms with van der Waals surface area (Å²) >= 11 is 0. The highest BCUT2D eigenvalue weighted by Crippen LogP contribution is 2.33. The maximum Gasteiger partial charge on any atom is 0.328 e. The van der Waals surface area contributed by atoms with Crippen LogP contribution in [0.4, 0.5) is 10.1 Å². The number of nitrogens with two attached hydrogens (primary N) is 1. The molecule has 0 spiro atoms. The Kier molecular flexibility index (Phi) is 10.6. The molecular weight excluding hydrogens is 543 g/mol. The molecule has 1 saturated heterocycles. The van der Waals surface area contributed by atoms with E-state index in [1.807, 2.05) is 18.7 Å². The molecule has 0 radical (unpaired) electrons. The van der Waals surface area contributed by atoms with Gasteiger partial charge in [-0.2, -0.15) is 5.26 Å². The maximum absolute atomic E-state index is 13.8. The highest BCUT2D eigenvalue weighted by Gasteiger charge is 2.39. The second-order valence-electron chi connectivity index (χ2n) is 10.3. The predicted molar refractivity (Wildman–Crippen MR) is 155 cm³/mol. The molecule has 2 aromatic heterocycles. The molecule has 1 unspecified atom stereocenters. The second-order valence-corrected chi connectivity index (χ2v) is 10.3. The molecule has 3 atom stereocenters. The predicted octanol–water partition coefficient (Wildman–Crippen LogP) is 2.12. The lowest BCUT2D eigenvalue weighted by molar-refractivity contribution is -0.153. The van der Waals surface area contributed by atoms with E-state index in [1.165, 1.54) is 16.7 Å². The zero-order chi connectivity index (χ0) is 30.2. The second kappa shape index (κ2) is 14.3. The first-order valence-corrected chi connectivity index (χ1v) is 14.0. The summed E-state index contributed by atoms with van der Waals surface area (Å²) in [6.07, 6.45) is 0. The summed E-state index contributed by atoms with van der Waals surface area (Å²) in [5, 5.41) is 9.44. The first-order valence-electron chi connectivity index (χ1n) is 14.0. The van der Waals surface area contributed by atoms with Crippen molar-refractivity contribution in [1.29, 1.82) is 5.26 Å². The molecule has 3 aromatic rings. The molecule has 1 fully saturated rings. The summed E-state index contributed by atoms with van der Waals surface area (Å²) in [7, 11) is 1.67. The van der Waals surface area contributed by atoms with E-state index in [2.05, 4.69) is 16.0 Å². The van der Waals surface area contributed by atoms with Gasteiger partial charge < -0.3 is 29.4 Å². The average Bonchev–Trinajstić information content (AvgIpc) is 2.98. The SMILES string of the molecule is C[C@@H]1CN(c2cc(=O)n(C)c3ccc(C#N)nc23)[C@@H](C)CN1C(C(=O)OCCOCCOCCN)c1ccc(F)cc1. The molecule has 4 rings (SSSR count). The van der Waals surface area contributed by atoms with E-state index in [0.717, 1.165) is 0 Å². The van der Waals surface area contributed by atoms with Gasteiger partial charge in [-0.3, -0.25) is 9.69 Å². The number of hydrogen-bond acceptors (Lipinski definition) is 10. The molecule has 224 valence electrons. The summed E-state index contributed by atoms with van der Waals surface area (Å²) in [4.78, 5) is 35.0. The Balaban J connectivity index is 1.54. The highest BCUT2D eigenvalue weighted by atomic mass is 19.1. The van der Waals surface area contributed by atoms with Crippen LogP contribution in [-0.4, -0.2) is 85.2 Å². The van der Waals surface area contributed by atoms with Crippen molar-refractivity contribution in [3.05, 3.63) is 69.9 Å². The van der Waals surface area contributed by atoms with Gasteiger partial charge in [-0.25, -0.2) is 14.2 Å². The Morgan fingerprint density at radius 3 is 2.45 bits per heavy atom. The van der Waals surface area contributed by atoms with Crippen LogP contribution in [0.2, 0.25) is 0 Å². The summed E-state index contributed by atoms with van der Waals surface area (Å²) in [5.41, 5.74) is 7.90. The summed E-state index contributed by atoms with van der Waals surface area (Å²) in [6, 6.07) is 11.7. The zero-order valence-corrected chi connectivity index (χ0v) is 24.2. The number of aryl methyl sites for hydroxylation is 1. The Morgan fingerprint density at radius 1 is 1.07 bits per heavy atom. The van der Waals surface area contributed by atoms with Crippen LogP contribution in [0, 0.1) is 17.1 Å². The van der Waals surface area contributed by atoms with Crippen LogP contribution >= 0.6 is 0 Å². The first-order chi connectivity index (χ1) is 20.2. The molecule has 3 heterocycles. The number of benzene rings is 1. The number of anilines is 1. The fraction of sp³-hybridized carbons (Fsp3) is 0.467. The van der Waals surface area contributed by atoms with E-state index in [1.54, 1.807) is 37.4 Å². The van der Waals surface area contributed by atoms with Crippen molar-refractivity contribution in [3.8, 4) is 6.07 Å². The molecule has 0 saturated carbocycles. The van der Waals surface area contributed by atoms with Gasteiger partial charge in [-0.05, 0) is 43.7 Å². The molecule has 0 amide bonds. The van der Waals surface area contributed by atoms with Crippen LogP contribution in [0.3, 0.4) is 0 Å². The van der Waals surface area contributed by atoms with Gasteiger partial charge in [0, 0.05) is 44.8 Å². The van der Waals surface area contributed by atoms with Crippen LogP contribution in [0.1, 0.15) is 31.1 Å². The number of pyridine rings is 2. The number of ether oxygens (including phenoxy) is 3. The van der Waals surface area contributed by atoms with Crippen molar-refractivity contribution in [2.75, 3.05) is 57.6 Å². The van der Waals surface area contributed by atoms with Crippen molar-refractivity contribution in [3.63, 3.8) is 0 Å². The Labute approximate surface area is 244 Å². The first kappa shape index (κ1) is 31.1. The minimum Gasteiger partial charge on any atom is -0.462 e. The lowest BCUT2D eigenvalue weighted by Crippen LogP contribution is -2.58. The van der Waals surface area contributed by atoms with Crippen molar-refractivity contribution in [2.45, 2.75) is 32.0 Å². The molecule has 1 aliphatic rings. The van der Waals surface area contributed by atoms with Gasteiger partial charge in [-0.15, -0.1) is 0 Å². The molecular formula is C30H37FN6O5. The number of esters is 1. The molecule has 12 heteroatoms. The quantitative estimate of drug-likeness (QED) is 0.251. The molecule has 42 heavy (non-hydrogen) atoms. The van der Waals surface area contributed by atoms with Gasteiger partial charge in [0.15, 0.2) is 0 Å². The molecule has 1 aromatic carbocycles. The Bertz CT molecular complexity index is 1470. The topological polar surface area (TPSA) is 136 Å². The van der Waals surface area contributed by atoms with Crippen molar-refractivity contribution in [1.82, 2.24) is 14.5 Å². The number of piperazine rings is 1. The van der Waals surface area contributed by atoms with E-state index in [0.29, 0.717) is 61.7 Å². The largest absolute Gasteiger partial charge is 0.462 e. The van der Waals surface area contributed by atoms with Gasteiger partial charge >= 0.3 is 5.97 Å². The molecule has 11 nitrogen and oxygen atoms in total. The van der Waals surface area contributed by atoms with Crippen LogP contribution in [-0.2, 0) is 26.1 Å². The lowest BCUT2D eigenvalue weighted by Gasteiger charge is -2.47. The number of halogens is 1. The minimum absolute atomic E-state index is 0.0590. The van der Waals surface area contributed by atoms with Gasteiger partial charge in [0.1, 0.15) is 35.7 Å². The number of rotatable bonds is 12. The van der Waals surface area contributed by atoms with Gasteiger partial charge in [0.2, 0.25) is 0 Å². The average molecular weight is 581 g/mol. The van der Waals surface area contributed by atoms with E-state index >= 15 is 0 Å². The van der Waals surface area contributed by atoms with E-state index in [-0.39, 0.29) is 36.6 Å². The third-order valence-corrected chi connectivity index (χ3v) is 7.37. The Morgan fingerprint density at radius 2 is 1.76 bits per heavy atom. The summed E-state index contributed by atoms with van der Waals surface area (Å²) in [6.45, 7) is 6.83. The normalized spacial score (nSPS) is 18.1.